The number of benzene rings is 1. The quantitative estimate of drug-likeness (QED) is 0.799. The summed E-state index contributed by atoms with van der Waals surface area (Å²) >= 11 is 0. The van der Waals surface area contributed by atoms with E-state index in [1.807, 2.05) is 23.8 Å². The van der Waals surface area contributed by atoms with E-state index in [-0.39, 0.29) is 17.5 Å². The van der Waals surface area contributed by atoms with Gasteiger partial charge >= 0.3 is 0 Å². The van der Waals surface area contributed by atoms with E-state index in [4.69, 9.17) is 4.74 Å². The summed E-state index contributed by atoms with van der Waals surface area (Å²) < 4.78 is 21.2. The minimum Gasteiger partial charge on any atom is -0.494 e. The van der Waals surface area contributed by atoms with Crippen molar-refractivity contribution < 1.29 is 13.9 Å². The van der Waals surface area contributed by atoms with Crippen LogP contribution >= 0.6 is 0 Å². The fraction of sp³-hybridized carbons (Fsp3) is 0.353. The lowest BCUT2D eigenvalue weighted by molar-refractivity contribution is 0.0988. The number of hydrogen-bond donors (Lipinski definition) is 0. The van der Waals surface area contributed by atoms with Gasteiger partial charge in [-0.05, 0) is 29.7 Å². The van der Waals surface area contributed by atoms with Gasteiger partial charge in [0.25, 0.3) is 0 Å². The molecule has 1 aliphatic heterocycles. The molecule has 0 fully saturated rings. The molecular formula is C17H18FNO2. The maximum atomic E-state index is 14.1. The van der Waals surface area contributed by atoms with Crippen molar-refractivity contribution in [3.8, 4) is 17.0 Å². The highest BCUT2D eigenvalue weighted by molar-refractivity contribution is 6.02. The Hall–Kier alpha value is -2.10. The summed E-state index contributed by atoms with van der Waals surface area (Å²) in [5, 5.41) is 0. The molecule has 4 heteroatoms. The Morgan fingerprint density at radius 1 is 1.48 bits per heavy atom. The van der Waals surface area contributed by atoms with E-state index in [1.54, 1.807) is 6.07 Å². The van der Waals surface area contributed by atoms with Gasteiger partial charge in [0.1, 0.15) is 0 Å². The summed E-state index contributed by atoms with van der Waals surface area (Å²) in [5.74, 6) is 0.191. The number of rotatable bonds is 3. The van der Waals surface area contributed by atoms with Crippen molar-refractivity contribution in [1.29, 1.82) is 0 Å². The Balaban J connectivity index is 2.25. The molecule has 1 aromatic carbocycles. The van der Waals surface area contributed by atoms with Gasteiger partial charge in [-0.25, -0.2) is 4.39 Å². The summed E-state index contributed by atoms with van der Waals surface area (Å²) in [7, 11) is 1.47. The van der Waals surface area contributed by atoms with Crippen molar-refractivity contribution in [1.82, 2.24) is 4.57 Å². The Morgan fingerprint density at radius 3 is 2.90 bits per heavy atom. The standard InChI is InChI=1S/C17H18FNO2/c1-4-15(20)11-5-6-19-9-10(2)12-8-16(21-3)14(18)7-13(12)17(11)19/h5-8,10H,4,9H2,1-3H3. The average Bonchev–Trinajstić information content (AvgIpc) is 2.89. The zero-order valence-corrected chi connectivity index (χ0v) is 12.4. The first-order valence-electron chi connectivity index (χ1n) is 7.17. The second kappa shape index (κ2) is 5.02. The highest BCUT2D eigenvalue weighted by atomic mass is 19.1. The van der Waals surface area contributed by atoms with E-state index in [2.05, 4.69) is 6.92 Å². The van der Waals surface area contributed by atoms with Gasteiger partial charge in [-0.15, -0.1) is 0 Å². The molecule has 0 aliphatic carbocycles. The first-order valence-corrected chi connectivity index (χ1v) is 7.17. The normalized spacial score (nSPS) is 16.3. The van der Waals surface area contributed by atoms with Crippen LogP contribution < -0.4 is 4.74 Å². The highest BCUT2D eigenvalue weighted by Gasteiger charge is 2.27. The molecule has 3 nitrogen and oxygen atoms in total. The van der Waals surface area contributed by atoms with E-state index in [0.29, 0.717) is 12.0 Å². The largest absolute Gasteiger partial charge is 0.494 e. The van der Waals surface area contributed by atoms with Crippen LogP contribution in [0.25, 0.3) is 11.3 Å². The summed E-state index contributed by atoms with van der Waals surface area (Å²) in [5.41, 5.74) is 3.34. The van der Waals surface area contributed by atoms with E-state index < -0.39 is 5.82 Å². The number of aromatic nitrogens is 1. The van der Waals surface area contributed by atoms with E-state index in [0.717, 1.165) is 23.4 Å². The van der Waals surface area contributed by atoms with E-state index in [9.17, 15) is 9.18 Å². The topological polar surface area (TPSA) is 31.2 Å². The lowest BCUT2D eigenvalue weighted by atomic mass is 9.88. The predicted octanol–water partition coefficient (Wildman–Crippen LogP) is 4.01. The third kappa shape index (κ3) is 2.06. The number of fused-ring (bicyclic) bond motifs is 3. The van der Waals surface area contributed by atoms with Crippen molar-refractivity contribution in [3.63, 3.8) is 0 Å². The summed E-state index contributed by atoms with van der Waals surface area (Å²) in [6, 6.07) is 5.08. The van der Waals surface area contributed by atoms with E-state index in [1.165, 1.54) is 13.2 Å². The Labute approximate surface area is 123 Å². The van der Waals surface area contributed by atoms with Crippen LogP contribution in [0.4, 0.5) is 4.39 Å². The van der Waals surface area contributed by atoms with Gasteiger partial charge in [0.2, 0.25) is 0 Å². The lowest BCUT2D eigenvalue weighted by Crippen LogP contribution is -2.16. The fourth-order valence-corrected chi connectivity index (χ4v) is 3.07. The Bertz CT molecular complexity index is 718. The highest BCUT2D eigenvalue weighted by Crippen LogP contribution is 2.41. The summed E-state index contributed by atoms with van der Waals surface area (Å²) in [6.07, 6.45) is 2.36. The molecule has 0 N–H and O–H groups in total. The molecule has 2 heterocycles. The number of halogens is 1. The fourth-order valence-electron chi connectivity index (χ4n) is 3.07. The minimum atomic E-state index is -0.395. The summed E-state index contributed by atoms with van der Waals surface area (Å²) in [4.78, 5) is 12.1. The second-order valence-electron chi connectivity index (χ2n) is 5.48. The SMILES string of the molecule is CCC(=O)c1ccn2c1-c1cc(F)c(OC)cc1C(C)C2. The number of hydrogen-bond acceptors (Lipinski definition) is 2. The predicted molar refractivity (Wildman–Crippen MR) is 79.4 cm³/mol. The van der Waals surface area contributed by atoms with Gasteiger partial charge in [-0.1, -0.05) is 13.8 Å². The molecule has 3 rings (SSSR count). The zero-order chi connectivity index (χ0) is 15.1. The van der Waals surface area contributed by atoms with Gasteiger partial charge in [0.15, 0.2) is 17.3 Å². The number of methoxy groups -OCH3 is 1. The molecule has 0 saturated carbocycles. The van der Waals surface area contributed by atoms with Crippen molar-refractivity contribution in [3.05, 3.63) is 41.3 Å². The van der Waals surface area contributed by atoms with Gasteiger partial charge in [-0.3, -0.25) is 4.79 Å². The molecular weight excluding hydrogens is 269 g/mol. The Morgan fingerprint density at radius 2 is 2.24 bits per heavy atom. The first kappa shape index (κ1) is 13.9. The van der Waals surface area contributed by atoms with E-state index >= 15 is 0 Å². The molecule has 110 valence electrons. The Kier molecular flexibility index (Phi) is 3.32. The molecule has 0 amide bonds. The number of ether oxygens (including phenoxy) is 1. The van der Waals surface area contributed by atoms with Crippen LogP contribution in [-0.2, 0) is 6.54 Å². The molecule has 2 aromatic rings. The van der Waals surface area contributed by atoms with Crippen molar-refractivity contribution in [2.45, 2.75) is 32.7 Å². The number of Topliss-reactive ketones (excluding diaryl/α,β-unsaturated/α-hetero) is 1. The molecule has 0 saturated heterocycles. The van der Waals surface area contributed by atoms with Crippen LogP contribution in [0.3, 0.4) is 0 Å². The summed E-state index contributed by atoms with van der Waals surface area (Å²) in [6.45, 7) is 4.72. The number of carbonyl (C=O) groups excluding carboxylic acids is 1. The smallest absolute Gasteiger partial charge is 0.165 e. The second-order valence-corrected chi connectivity index (χ2v) is 5.48. The number of nitrogens with zero attached hydrogens (tertiary/aromatic N) is 1. The zero-order valence-electron chi connectivity index (χ0n) is 12.4. The molecule has 1 unspecified atom stereocenters. The van der Waals surface area contributed by atoms with Crippen LogP contribution in [0.5, 0.6) is 5.75 Å². The molecule has 1 atom stereocenters. The first-order chi connectivity index (χ1) is 10.1. The van der Waals surface area contributed by atoms with Crippen molar-refractivity contribution in [2.75, 3.05) is 7.11 Å². The van der Waals surface area contributed by atoms with Crippen LogP contribution in [0, 0.1) is 5.82 Å². The van der Waals surface area contributed by atoms with Crippen molar-refractivity contribution in [2.24, 2.45) is 0 Å². The number of ketones is 1. The van der Waals surface area contributed by atoms with Crippen LogP contribution in [0.15, 0.2) is 24.4 Å². The van der Waals surface area contributed by atoms with Crippen LogP contribution in [-0.4, -0.2) is 17.5 Å². The lowest BCUT2D eigenvalue weighted by Gasteiger charge is -2.26. The van der Waals surface area contributed by atoms with Crippen LogP contribution in [0.2, 0.25) is 0 Å². The van der Waals surface area contributed by atoms with Gasteiger partial charge < -0.3 is 9.30 Å². The maximum Gasteiger partial charge on any atom is 0.165 e. The van der Waals surface area contributed by atoms with Crippen molar-refractivity contribution >= 4 is 5.78 Å². The molecule has 1 aliphatic rings. The molecule has 1 aromatic heterocycles. The maximum absolute atomic E-state index is 14.1. The molecule has 0 spiro atoms. The van der Waals surface area contributed by atoms with Crippen LogP contribution in [0.1, 0.15) is 42.1 Å². The molecule has 0 radical (unpaired) electrons. The molecule has 0 bridgehead atoms. The van der Waals surface area contributed by atoms with Gasteiger partial charge in [0, 0.05) is 30.3 Å². The third-order valence-electron chi connectivity index (χ3n) is 4.17. The number of carbonyl (C=O) groups is 1. The monoisotopic (exact) mass is 287 g/mol. The minimum absolute atomic E-state index is 0.0838. The average molecular weight is 287 g/mol. The molecule has 21 heavy (non-hydrogen) atoms. The van der Waals surface area contributed by atoms with Gasteiger partial charge in [0.05, 0.1) is 12.8 Å². The van der Waals surface area contributed by atoms with Gasteiger partial charge in [-0.2, -0.15) is 0 Å². The third-order valence-corrected chi connectivity index (χ3v) is 4.17.